The number of esters is 2. The SMILES string of the molecule is Cc1nc2c(cc1CO)CN(CC(=O)c1cc(N3CCCC3)c(OCCCC(=O)OC(=O)C(F)(F)F)c(C(C)(C)C)c1)C2=N. The summed E-state index contributed by atoms with van der Waals surface area (Å²) in [5, 5.41) is 18.2. The predicted molar refractivity (Wildman–Crippen MR) is 155 cm³/mol. The Hall–Kier alpha value is -4.00. The Morgan fingerprint density at radius 1 is 1.09 bits per heavy atom. The number of anilines is 1. The lowest BCUT2D eigenvalue weighted by molar-refractivity contribution is -0.201. The topological polar surface area (TPSA) is 133 Å². The number of aromatic nitrogens is 1. The van der Waals surface area contributed by atoms with Gasteiger partial charge in [-0.15, -0.1) is 0 Å². The second kappa shape index (κ2) is 12.9. The van der Waals surface area contributed by atoms with E-state index in [9.17, 15) is 32.7 Å². The summed E-state index contributed by atoms with van der Waals surface area (Å²) in [7, 11) is 0. The van der Waals surface area contributed by atoms with E-state index >= 15 is 0 Å². The lowest BCUT2D eigenvalue weighted by Gasteiger charge is -2.30. The van der Waals surface area contributed by atoms with Crippen LogP contribution in [0.1, 0.15) is 84.9 Å². The van der Waals surface area contributed by atoms with Crippen LogP contribution < -0.4 is 9.64 Å². The number of nitrogens with one attached hydrogen (secondary N) is 1. The van der Waals surface area contributed by atoms with Crippen LogP contribution in [0.4, 0.5) is 18.9 Å². The van der Waals surface area contributed by atoms with E-state index in [-0.39, 0.29) is 37.8 Å². The number of hydrogen-bond donors (Lipinski definition) is 2. The van der Waals surface area contributed by atoms with E-state index in [0.29, 0.717) is 40.5 Å². The second-order valence-corrected chi connectivity index (χ2v) is 12.1. The van der Waals surface area contributed by atoms with E-state index in [0.717, 1.165) is 37.1 Å². The van der Waals surface area contributed by atoms with Gasteiger partial charge in [0.05, 0.1) is 25.4 Å². The summed E-state index contributed by atoms with van der Waals surface area (Å²) in [5.41, 5.74) is 4.01. The average Bonchev–Trinajstić information content (AvgIpc) is 3.58. The third-order valence-corrected chi connectivity index (χ3v) is 7.66. The number of rotatable bonds is 10. The van der Waals surface area contributed by atoms with Gasteiger partial charge in [-0.3, -0.25) is 15.0 Å². The van der Waals surface area contributed by atoms with E-state index in [1.165, 1.54) is 0 Å². The first-order chi connectivity index (χ1) is 20.6. The number of halogens is 3. The third kappa shape index (κ3) is 7.37. The monoisotopic (exact) mass is 618 g/mol. The summed E-state index contributed by atoms with van der Waals surface area (Å²) in [6.07, 6.45) is -3.78. The van der Waals surface area contributed by atoms with Crippen molar-refractivity contribution < 1.29 is 42.1 Å². The predicted octanol–water partition coefficient (Wildman–Crippen LogP) is 4.59. The molecule has 44 heavy (non-hydrogen) atoms. The Morgan fingerprint density at radius 2 is 1.77 bits per heavy atom. The standard InChI is InChI=1S/C31H37F3N4O6/c1-18-21(17-39)12-20-15-38(28(35)26(20)36-18)16-24(40)19-13-22(30(2,3)4)27(23(14-19)37-9-5-6-10-37)43-11-7-8-25(41)44-29(42)31(32,33)34/h12-14,35,39H,5-11,15-17H2,1-4H3. The van der Waals surface area contributed by atoms with E-state index in [1.807, 2.05) is 26.8 Å². The highest BCUT2D eigenvalue weighted by atomic mass is 19.4. The molecule has 4 rings (SSSR count). The van der Waals surface area contributed by atoms with Gasteiger partial charge in [0.15, 0.2) is 5.78 Å². The van der Waals surface area contributed by atoms with Crippen LogP contribution in [-0.4, -0.2) is 71.0 Å². The number of nitrogens with zero attached hydrogens (tertiary/aromatic N) is 3. The van der Waals surface area contributed by atoms with Crippen LogP contribution in [0.5, 0.6) is 5.75 Å². The summed E-state index contributed by atoms with van der Waals surface area (Å²) in [4.78, 5) is 44.6. The van der Waals surface area contributed by atoms with Crippen molar-refractivity contribution in [3.05, 3.63) is 51.8 Å². The number of fused-ring (bicyclic) bond motifs is 1. The van der Waals surface area contributed by atoms with Gasteiger partial charge < -0.3 is 24.4 Å². The largest absolute Gasteiger partial charge is 0.491 e. The Morgan fingerprint density at radius 3 is 2.39 bits per heavy atom. The van der Waals surface area contributed by atoms with Crippen LogP contribution in [0.3, 0.4) is 0 Å². The summed E-state index contributed by atoms with van der Waals surface area (Å²) >= 11 is 0. The molecule has 13 heteroatoms. The van der Waals surface area contributed by atoms with E-state index in [4.69, 9.17) is 10.1 Å². The lowest BCUT2D eigenvalue weighted by atomic mass is 9.84. The van der Waals surface area contributed by atoms with Gasteiger partial charge in [0, 0.05) is 48.4 Å². The van der Waals surface area contributed by atoms with Crippen molar-refractivity contribution >= 4 is 29.2 Å². The summed E-state index contributed by atoms with van der Waals surface area (Å²) in [5.74, 6) is -3.37. The number of aliphatic hydroxyl groups excluding tert-OH is 1. The van der Waals surface area contributed by atoms with Crippen molar-refractivity contribution in [2.24, 2.45) is 0 Å². The van der Waals surface area contributed by atoms with E-state index < -0.39 is 30.0 Å². The first-order valence-electron chi connectivity index (χ1n) is 14.5. The van der Waals surface area contributed by atoms with Crippen molar-refractivity contribution in [1.29, 1.82) is 5.41 Å². The number of carbonyl (C=O) groups is 3. The van der Waals surface area contributed by atoms with Crippen LogP contribution in [0, 0.1) is 12.3 Å². The van der Waals surface area contributed by atoms with Crippen molar-refractivity contribution in [3.8, 4) is 5.75 Å². The van der Waals surface area contributed by atoms with Crippen LogP contribution >= 0.6 is 0 Å². The fraction of sp³-hybridized carbons (Fsp3) is 0.516. The number of aliphatic hydroxyl groups is 1. The average molecular weight is 619 g/mol. The number of benzene rings is 1. The molecule has 2 N–H and O–H groups in total. The zero-order valence-corrected chi connectivity index (χ0v) is 25.3. The highest BCUT2D eigenvalue weighted by Gasteiger charge is 2.42. The molecule has 0 atom stereocenters. The molecule has 2 aromatic rings. The minimum absolute atomic E-state index is 0.0107. The zero-order chi connectivity index (χ0) is 32.4. The quantitative estimate of drug-likeness (QED) is 0.170. The van der Waals surface area contributed by atoms with Crippen LogP contribution in [0.15, 0.2) is 18.2 Å². The lowest BCUT2D eigenvalue weighted by Crippen LogP contribution is -2.31. The molecule has 0 radical (unpaired) electrons. The highest BCUT2D eigenvalue weighted by Crippen LogP contribution is 2.42. The molecule has 0 unspecified atom stereocenters. The molecule has 0 aliphatic carbocycles. The first-order valence-corrected chi connectivity index (χ1v) is 14.5. The van der Waals surface area contributed by atoms with Crippen LogP contribution in [-0.2, 0) is 32.9 Å². The second-order valence-electron chi connectivity index (χ2n) is 12.1. The zero-order valence-electron chi connectivity index (χ0n) is 25.3. The number of pyridine rings is 1. The van der Waals surface area contributed by atoms with Gasteiger partial charge in [0.2, 0.25) is 0 Å². The molecule has 1 aromatic heterocycles. The van der Waals surface area contributed by atoms with E-state index in [2.05, 4.69) is 14.6 Å². The molecule has 3 heterocycles. The minimum atomic E-state index is -5.25. The molecule has 1 saturated heterocycles. The van der Waals surface area contributed by atoms with Gasteiger partial charge in [-0.2, -0.15) is 13.2 Å². The molecule has 0 saturated carbocycles. The molecule has 238 valence electrons. The molecule has 0 bridgehead atoms. The van der Waals surface area contributed by atoms with Crippen LogP contribution in [0.25, 0.3) is 0 Å². The van der Waals surface area contributed by atoms with Crippen molar-refractivity contribution in [1.82, 2.24) is 9.88 Å². The number of aryl methyl sites for hydroxylation is 1. The molecule has 0 spiro atoms. The fourth-order valence-corrected chi connectivity index (χ4v) is 5.29. The molecule has 1 fully saturated rings. The van der Waals surface area contributed by atoms with Gasteiger partial charge in [0.1, 0.15) is 17.3 Å². The highest BCUT2D eigenvalue weighted by molar-refractivity contribution is 6.05. The number of Topliss-reactive ketones (excluding diaryl/α,β-unsaturated/α-hetero) is 1. The van der Waals surface area contributed by atoms with Gasteiger partial charge in [0.25, 0.3) is 0 Å². The molecule has 2 aliphatic rings. The van der Waals surface area contributed by atoms with Gasteiger partial charge in [-0.05, 0) is 55.4 Å². The smallest absolute Gasteiger partial charge is 0.491 e. The number of amidine groups is 1. The maximum atomic E-state index is 13.7. The maximum Gasteiger partial charge on any atom is 0.491 e. The normalized spacial score (nSPS) is 15.0. The van der Waals surface area contributed by atoms with Crippen molar-refractivity contribution in [2.45, 2.75) is 78.1 Å². The van der Waals surface area contributed by atoms with Gasteiger partial charge >= 0.3 is 18.1 Å². The minimum Gasteiger partial charge on any atom is -0.491 e. The molecule has 0 amide bonds. The number of ether oxygens (including phenoxy) is 2. The summed E-state index contributed by atoms with van der Waals surface area (Å²) < 4.78 is 47.2. The Bertz CT molecular complexity index is 1460. The number of alkyl halides is 3. The molecule has 1 aromatic carbocycles. The molecular formula is C31H37F3N4O6. The van der Waals surface area contributed by atoms with Crippen molar-refractivity contribution in [3.63, 3.8) is 0 Å². The molecule has 2 aliphatic heterocycles. The van der Waals surface area contributed by atoms with Crippen LogP contribution in [0.2, 0.25) is 0 Å². The van der Waals surface area contributed by atoms with E-state index in [1.54, 1.807) is 24.0 Å². The Kier molecular flexibility index (Phi) is 9.67. The molecular weight excluding hydrogens is 581 g/mol. The van der Waals surface area contributed by atoms with Gasteiger partial charge in [-0.25, -0.2) is 9.78 Å². The van der Waals surface area contributed by atoms with Crippen molar-refractivity contribution in [2.75, 3.05) is 31.1 Å². The Balaban J connectivity index is 1.55. The first kappa shape index (κ1) is 32.9. The third-order valence-electron chi connectivity index (χ3n) is 7.66. The number of hydrogen-bond acceptors (Lipinski definition) is 9. The Labute approximate surface area is 253 Å². The molecule has 10 nitrogen and oxygen atoms in total. The summed E-state index contributed by atoms with van der Waals surface area (Å²) in [6.45, 7) is 9.24. The number of ketones is 1. The maximum absolute atomic E-state index is 13.7. The fourth-order valence-electron chi connectivity index (χ4n) is 5.29. The van der Waals surface area contributed by atoms with Gasteiger partial charge in [-0.1, -0.05) is 20.8 Å². The number of carbonyl (C=O) groups excluding carboxylic acids is 3. The summed E-state index contributed by atoms with van der Waals surface area (Å²) in [6, 6.07) is 5.36.